The molecule has 88 valence electrons. The van der Waals surface area contributed by atoms with Crippen molar-refractivity contribution in [2.24, 2.45) is 5.92 Å². The summed E-state index contributed by atoms with van der Waals surface area (Å²) in [6, 6.07) is 0.769. The molecule has 0 heterocycles. The Morgan fingerprint density at radius 3 is 2.53 bits per heavy atom. The predicted octanol–water partition coefficient (Wildman–Crippen LogP) is 2.72. The van der Waals surface area contributed by atoms with Gasteiger partial charge in [-0.2, -0.15) is 0 Å². The molecular weight excluding hydrogens is 186 g/mol. The molecule has 0 saturated heterocycles. The zero-order chi connectivity index (χ0) is 10.5. The van der Waals surface area contributed by atoms with Gasteiger partial charge in [-0.3, -0.25) is 0 Å². The smallest absolute Gasteiger partial charge is 0.0671 e. The highest BCUT2D eigenvalue weighted by atomic mass is 16.5. The average Bonchev–Trinajstić information content (AvgIpc) is 3.09. The SMILES string of the molecule is CC(CNC1CCCCC1)OCC1CC1. The van der Waals surface area contributed by atoms with Gasteiger partial charge in [-0.15, -0.1) is 0 Å². The molecule has 2 aliphatic carbocycles. The van der Waals surface area contributed by atoms with Crippen LogP contribution in [0.5, 0.6) is 0 Å². The van der Waals surface area contributed by atoms with E-state index in [1.165, 1.54) is 44.9 Å². The molecule has 0 radical (unpaired) electrons. The lowest BCUT2D eigenvalue weighted by Crippen LogP contribution is -2.37. The first-order chi connectivity index (χ1) is 7.34. The predicted molar refractivity (Wildman–Crippen MR) is 63.0 cm³/mol. The topological polar surface area (TPSA) is 21.3 Å². The third-order valence-electron chi connectivity index (χ3n) is 3.61. The van der Waals surface area contributed by atoms with Gasteiger partial charge in [-0.25, -0.2) is 0 Å². The highest BCUT2D eigenvalue weighted by molar-refractivity contribution is 4.75. The largest absolute Gasteiger partial charge is 0.377 e. The fraction of sp³-hybridized carbons (Fsp3) is 1.00. The van der Waals surface area contributed by atoms with Crippen molar-refractivity contribution in [3.8, 4) is 0 Å². The normalized spacial score (nSPS) is 25.4. The summed E-state index contributed by atoms with van der Waals surface area (Å²) >= 11 is 0. The van der Waals surface area contributed by atoms with Gasteiger partial charge in [0.15, 0.2) is 0 Å². The first-order valence-electron chi connectivity index (χ1n) is 6.69. The van der Waals surface area contributed by atoms with E-state index in [0.717, 1.165) is 25.1 Å². The van der Waals surface area contributed by atoms with E-state index in [4.69, 9.17) is 4.74 Å². The fourth-order valence-electron chi connectivity index (χ4n) is 2.28. The Labute approximate surface area is 93.8 Å². The van der Waals surface area contributed by atoms with Crippen LogP contribution in [0.15, 0.2) is 0 Å². The zero-order valence-electron chi connectivity index (χ0n) is 10.0. The molecule has 2 nitrogen and oxygen atoms in total. The van der Waals surface area contributed by atoms with E-state index < -0.39 is 0 Å². The van der Waals surface area contributed by atoms with Crippen molar-refractivity contribution < 1.29 is 4.74 Å². The average molecular weight is 211 g/mol. The summed E-state index contributed by atoms with van der Waals surface area (Å²) in [5.41, 5.74) is 0. The Balaban J connectivity index is 1.50. The monoisotopic (exact) mass is 211 g/mol. The standard InChI is InChI=1S/C13H25NO/c1-11(15-10-12-7-8-12)9-14-13-5-3-2-4-6-13/h11-14H,2-10H2,1H3. The van der Waals surface area contributed by atoms with Crippen molar-refractivity contribution in [1.82, 2.24) is 5.32 Å². The van der Waals surface area contributed by atoms with Gasteiger partial charge in [-0.1, -0.05) is 19.3 Å². The summed E-state index contributed by atoms with van der Waals surface area (Å²) in [5.74, 6) is 0.891. The van der Waals surface area contributed by atoms with Gasteiger partial charge in [0.25, 0.3) is 0 Å². The summed E-state index contributed by atoms with van der Waals surface area (Å²) in [7, 11) is 0. The Morgan fingerprint density at radius 1 is 1.13 bits per heavy atom. The quantitative estimate of drug-likeness (QED) is 0.729. The molecule has 2 aliphatic rings. The summed E-state index contributed by atoms with van der Waals surface area (Å²) in [6.45, 7) is 4.23. The van der Waals surface area contributed by atoms with Crippen LogP contribution in [-0.2, 0) is 4.74 Å². The van der Waals surface area contributed by atoms with Crippen LogP contribution in [0.4, 0.5) is 0 Å². The molecule has 1 unspecified atom stereocenters. The molecule has 2 saturated carbocycles. The number of rotatable bonds is 6. The number of hydrogen-bond acceptors (Lipinski definition) is 2. The lowest BCUT2D eigenvalue weighted by Gasteiger charge is -2.24. The van der Waals surface area contributed by atoms with Gasteiger partial charge in [0.1, 0.15) is 0 Å². The maximum absolute atomic E-state index is 5.79. The van der Waals surface area contributed by atoms with Crippen LogP contribution in [-0.4, -0.2) is 25.3 Å². The van der Waals surface area contributed by atoms with Gasteiger partial charge in [0.05, 0.1) is 6.10 Å². The Kier molecular flexibility index (Phi) is 4.45. The van der Waals surface area contributed by atoms with E-state index in [9.17, 15) is 0 Å². The Morgan fingerprint density at radius 2 is 1.87 bits per heavy atom. The van der Waals surface area contributed by atoms with Crippen LogP contribution >= 0.6 is 0 Å². The minimum atomic E-state index is 0.396. The Hall–Kier alpha value is -0.0800. The molecule has 0 aromatic rings. The van der Waals surface area contributed by atoms with Gasteiger partial charge < -0.3 is 10.1 Å². The van der Waals surface area contributed by atoms with E-state index in [-0.39, 0.29) is 0 Å². The van der Waals surface area contributed by atoms with Crippen molar-refractivity contribution in [3.63, 3.8) is 0 Å². The lowest BCUT2D eigenvalue weighted by molar-refractivity contribution is 0.0555. The minimum Gasteiger partial charge on any atom is -0.377 e. The van der Waals surface area contributed by atoms with Crippen molar-refractivity contribution in [1.29, 1.82) is 0 Å². The Bertz CT molecular complexity index is 173. The summed E-state index contributed by atoms with van der Waals surface area (Å²) in [6.07, 6.45) is 10.2. The molecule has 2 heteroatoms. The third kappa shape index (κ3) is 4.52. The van der Waals surface area contributed by atoms with Crippen LogP contribution < -0.4 is 5.32 Å². The summed E-state index contributed by atoms with van der Waals surface area (Å²) in [5, 5.41) is 3.64. The zero-order valence-corrected chi connectivity index (χ0v) is 10.0. The minimum absolute atomic E-state index is 0.396. The number of nitrogens with one attached hydrogen (secondary N) is 1. The van der Waals surface area contributed by atoms with Crippen LogP contribution in [0.1, 0.15) is 51.9 Å². The molecule has 0 aliphatic heterocycles. The second-order valence-electron chi connectivity index (χ2n) is 5.33. The van der Waals surface area contributed by atoms with E-state index in [2.05, 4.69) is 12.2 Å². The van der Waals surface area contributed by atoms with Crippen LogP contribution in [0.2, 0.25) is 0 Å². The molecule has 2 fully saturated rings. The number of ether oxygens (including phenoxy) is 1. The van der Waals surface area contributed by atoms with E-state index in [1.54, 1.807) is 0 Å². The fourth-order valence-corrected chi connectivity index (χ4v) is 2.28. The first kappa shape index (κ1) is 11.4. The van der Waals surface area contributed by atoms with E-state index in [0.29, 0.717) is 6.10 Å². The van der Waals surface area contributed by atoms with Gasteiger partial charge in [0.2, 0.25) is 0 Å². The maximum Gasteiger partial charge on any atom is 0.0671 e. The summed E-state index contributed by atoms with van der Waals surface area (Å²) < 4.78 is 5.79. The third-order valence-corrected chi connectivity index (χ3v) is 3.61. The maximum atomic E-state index is 5.79. The highest BCUT2D eigenvalue weighted by Gasteiger charge is 2.22. The van der Waals surface area contributed by atoms with Crippen LogP contribution in [0.3, 0.4) is 0 Å². The number of hydrogen-bond donors (Lipinski definition) is 1. The second-order valence-corrected chi connectivity index (χ2v) is 5.33. The molecule has 0 aromatic carbocycles. The first-order valence-corrected chi connectivity index (χ1v) is 6.69. The van der Waals surface area contributed by atoms with E-state index >= 15 is 0 Å². The highest BCUT2D eigenvalue weighted by Crippen LogP contribution is 2.29. The van der Waals surface area contributed by atoms with Crippen molar-refractivity contribution in [2.45, 2.75) is 64.0 Å². The van der Waals surface area contributed by atoms with Crippen molar-refractivity contribution >= 4 is 0 Å². The van der Waals surface area contributed by atoms with Gasteiger partial charge >= 0.3 is 0 Å². The van der Waals surface area contributed by atoms with Crippen LogP contribution in [0.25, 0.3) is 0 Å². The molecule has 1 atom stereocenters. The molecule has 0 amide bonds. The van der Waals surface area contributed by atoms with Crippen LogP contribution in [0, 0.1) is 5.92 Å². The molecule has 0 aromatic heterocycles. The molecule has 0 spiro atoms. The molecule has 2 rings (SSSR count). The molecular formula is C13H25NO. The molecule has 15 heavy (non-hydrogen) atoms. The van der Waals surface area contributed by atoms with E-state index in [1.807, 2.05) is 0 Å². The van der Waals surface area contributed by atoms with Gasteiger partial charge in [0, 0.05) is 19.2 Å². The molecule has 1 N–H and O–H groups in total. The van der Waals surface area contributed by atoms with Crippen molar-refractivity contribution in [2.75, 3.05) is 13.2 Å². The van der Waals surface area contributed by atoms with Crippen molar-refractivity contribution in [3.05, 3.63) is 0 Å². The van der Waals surface area contributed by atoms with Gasteiger partial charge in [-0.05, 0) is 38.5 Å². The lowest BCUT2D eigenvalue weighted by atomic mass is 9.95. The molecule has 0 bridgehead atoms. The summed E-state index contributed by atoms with van der Waals surface area (Å²) in [4.78, 5) is 0. The second kappa shape index (κ2) is 5.86.